The highest BCUT2D eigenvalue weighted by Gasteiger charge is 2.54. The number of aromatic nitrogens is 1. The molecule has 2 aliphatic heterocycles. The number of ether oxygens (including phenoxy) is 1. The summed E-state index contributed by atoms with van der Waals surface area (Å²) in [7, 11) is 1.61. The molecule has 1 saturated carbocycles. The molecular weight excluding hydrogens is 430 g/mol. The Morgan fingerprint density at radius 3 is 2.65 bits per heavy atom. The summed E-state index contributed by atoms with van der Waals surface area (Å²) in [5, 5.41) is 3.08. The number of hydrogen-bond acceptors (Lipinski definition) is 5. The summed E-state index contributed by atoms with van der Waals surface area (Å²) in [6.45, 7) is 1.02. The molecular formula is C26H31N5O3. The van der Waals surface area contributed by atoms with Crippen molar-refractivity contribution >= 4 is 23.5 Å². The fourth-order valence-corrected chi connectivity index (χ4v) is 5.47. The highest BCUT2D eigenvalue weighted by molar-refractivity contribution is 6.19. The molecule has 1 N–H and O–H groups in total. The maximum absolute atomic E-state index is 13.5. The molecule has 0 bridgehead atoms. The first kappa shape index (κ1) is 22.4. The smallest absolute Gasteiger partial charge is 0.328 e. The Labute approximate surface area is 200 Å². The van der Waals surface area contributed by atoms with Gasteiger partial charge < -0.3 is 9.64 Å². The fourth-order valence-electron chi connectivity index (χ4n) is 5.47. The van der Waals surface area contributed by atoms with Crippen LogP contribution in [0.2, 0.25) is 0 Å². The second-order valence-electron chi connectivity index (χ2n) is 9.34. The predicted molar refractivity (Wildman–Crippen MR) is 130 cm³/mol. The van der Waals surface area contributed by atoms with Crippen LogP contribution in [0.3, 0.4) is 0 Å². The number of anilines is 1. The summed E-state index contributed by atoms with van der Waals surface area (Å²) in [6, 6.07) is 10.9. The number of aliphatic imine (C=N–C) groups is 1. The Morgan fingerprint density at radius 2 is 1.94 bits per heavy atom. The van der Waals surface area contributed by atoms with Crippen molar-refractivity contribution in [1.82, 2.24) is 15.2 Å². The molecule has 2 aromatic rings. The molecule has 34 heavy (non-hydrogen) atoms. The number of amides is 3. The number of benzene rings is 1. The van der Waals surface area contributed by atoms with Crippen molar-refractivity contribution in [2.24, 2.45) is 4.99 Å². The lowest BCUT2D eigenvalue weighted by atomic mass is 9.85. The van der Waals surface area contributed by atoms with E-state index >= 15 is 0 Å². The Bertz CT molecular complexity index is 1070. The van der Waals surface area contributed by atoms with Crippen LogP contribution < -0.4 is 15.0 Å². The van der Waals surface area contributed by atoms with Gasteiger partial charge in [-0.1, -0.05) is 19.3 Å². The van der Waals surface area contributed by atoms with Crippen LogP contribution in [0.1, 0.15) is 55.3 Å². The van der Waals surface area contributed by atoms with Gasteiger partial charge in [0.05, 0.1) is 31.6 Å². The Morgan fingerprint density at radius 1 is 1.15 bits per heavy atom. The number of likely N-dealkylation sites (tertiary alicyclic amines) is 1. The lowest BCUT2D eigenvalue weighted by Crippen LogP contribution is -2.61. The number of amidine groups is 1. The van der Waals surface area contributed by atoms with Gasteiger partial charge in [-0.2, -0.15) is 0 Å². The van der Waals surface area contributed by atoms with E-state index < -0.39 is 5.54 Å². The molecule has 8 nitrogen and oxygen atoms in total. The van der Waals surface area contributed by atoms with E-state index in [0.717, 1.165) is 38.5 Å². The van der Waals surface area contributed by atoms with Crippen molar-refractivity contribution in [2.45, 2.75) is 56.5 Å². The molecule has 3 heterocycles. The van der Waals surface area contributed by atoms with Crippen molar-refractivity contribution in [3.63, 3.8) is 0 Å². The maximum Gasteiger partial charge on any atom is 0.328 e. The summed E-state index contributed by atoms with van der Waals surface area (Å²) >= 11 is 0. The number of urea groups is 1. The van der Waals surface area contributed by atoms with Crippen LogP contribution in [-0.2, 0) is 0 Å². The molecule has 2 saturated heterocycles. The normalized spacial score (nSPS) is 24.5. The average Bonchev–Trinajstić information content (AvgIpc) is 3.14. The van der Waals surface area contributed by atoms with E-state index in [9.17, 15) is 9.59 Å². The van der Waals surface area contributed by atoms with Gasteiger partial charge in [0.2, 0.25) is 0 Å². The molecule has 1 aromatic heterocycles. The van der Waals surface area contributed by atoms with Gasteiger partial charge in [0, 0.05) is 18.3 Å². The standard InChI is InChI=1S/C26H31N5O3/c1-34-22-12-10-19(11-13-22)23(32)30-16-6-14-26(18-30)24(28-20-7-3-2-4-8-20)29-25(33)31(26)21-9-5-15-27-17-21/h5,9-13,15,17,20H,2-4,6-8,14,16,18H2,1H3,(H,28,29,33). The van der Waals surface area contributed by atoms with Crippen LogP contribution in [0.5, 0.6) is 5.75 Å². The molecule has 3 aliphatic rings. The first-order chi connectivity index (χ1) is 16.6. The van der Waals surface area contributed by atoms with E-state index in [1.165, 1.54) is 6.42 Å². The Balaban J connectivity index is 1.50. The molecule has 5 rings (SSSR count). The van der Waals surface area contributed by atoms with E-state index in [-0.39, 0.29) is 18.0 Å². The van der Waals surface area contributed by atoms with E-state index in [4.69, 9.17) is 9.73 Å². The Hall–Kier alpha value is -3.42. The fraction of sp³-hybridized carbons (Fsp3) is 0.462. The number of rotatable bonds is 4. The highest BCUT2D eigenvalue weighted by Crippen LogP contribution is 2.37. The van der Waals surface area contributed by atoms with Gasteiger partial charge in [0.1, 0.15) is 17.1 Å². The number of piperidine rings is 1. The van der Waals surface area contributed by atoms with Crippen LogP contribution >= 0.6 is 0 Å². The van der Waals surface area contributed by atoms with Crippen molar-refractivity contribution in [1.29, 1.82) is 0 Å². The zero-order valence-electron chi connectivity index (χ0n) is 19.6. The minimum atomic E-state index is -0.724. The zero-order valence-corrected chi connectivity index (χ0v) is 19.6. The van der Waals surface area contributed by atoms with Gasteiger partial charge in [0.25, 0.3) is 5.91 Å². The second kappa shape index (κ2) is 9.44. The van der Waals surface area contributed by atoms with E-state index in [2.05, 4.69) is 10.3 Å². The number of carbonyl (C=O) groups is 2. The van der Waals surface area contributed by atoms with Crippen molar-refractivity contribution in [2.75, 3.05) is 25.1 Å². The Kier molecular flexibility index (Phi) is 6.22. The van der Waals surface area contributed by atoms with Crippen LogP contribution in [0.15, 0.2) is 53.8 Å². The monoisotopic (exact) mass is 461 g/mol. The van der Waals surface area contributed by atoms with Crippen molar-refractivity contribution in [3.05, 3.63) is 54.4 Å². The third-order valence-electron chi connectivity index (χ3n) is 7.18. The molecule has 1 unspecified atom stereocenters. The van der Waals surface area contributed by atoms with E-state index in [0.29, 0.717) is 35.9 Å². The van der Waals surface area contributed by atoms with Gasteiger partial charge in [-0.25, -0.2) is 4.79 Å². The van der Waals surface area contributed by atoms with E-state index in [1.54, 1.807) is 48.7 Å². The number of nitrogens with one attached hydrogen (secondary N) is 1. The molecule has 3 fully saturated rings. The van der Waals surface area contributed by atoms with Gasteiger partial charge in [-0.05, 0) is 62.1 Å². The topological polar surface area (TPSA) is 87.1 Å². The van der Waals surface area contributed by atoms with Gasteiger partial charge >= 0.3 is 6.03 Å². The minimum absolute atomic E-state index is 0.0516. The molecule has 1 spiro atoms. The number of nitrogens with zero attached hydrogens (tertiary/aromatic N) is 4. The summed E-state index contributed by atoms with van der Waals surface area (Å²) in [4.78, 5) is 39.7. The van der Waals surface area contributed by atoms with Crippen molar-refractivity contribution in [3.8, 4) is 5.75 Å². The first-order valence-electron chi connectivity index (χ1n) is 12.1. The summed E-state index contributed by atoms with van der Waals surface area (Å²) in [6.07, 6.45) is 10.6. The summed E-state index contributed by atoms with van der Waals surface area (Å²) < 4.78 is 5.23. The summed E-state index contributed by atoms with van der Waals surface area (Å²) in [5.74, 6) is 1.35. The summed E-state index contributed by atoms with van der Waals surface area (Å²) in [5.41, 5.74) is 0.596. The van der Waals surface area contributed by atoms with Gasteiger partial charge in [0.15, 0.2) is 0 Å². The zero-order chi connectivity index (χ0) is 23.5. The van der Waals surface area contributed by atoms with Crippen LogP contribution in [0.25, 0.3) is 0 Å². The SMILES string of the molecule is COc1ccc(C(=O)N2CCCC3(C2)C(=NC2CCCCC2)NC(=O)N3c2cccnc2)cc1. The third kappa shape index (κ3) is 4.13. The van der Waals surface area contributed by atoms with Crippen LogP contribution in [0, 0.1) is 0 Å². The lowest BCUT2D eigenvalue weighted by Gasteiger charge is -2.44. The molecule has 1 aromatic carbocycles. The molecule has 1 atom stereocenters. The average molecular weight is 462 g/mol. The molecule has 0 radical (unpaired) electrons. The van der Waals surface area contributed by atoms with Crippen LogP contribution in [0.4, 0.5) is 10.5 Å². The third-order valence-corrected chi connectivity index (χ3v) is 7.18. The number of carbonyl (C=O) groups excluding carboxylic acids is 2. The highest BCUT2D eigenvalue weighted by atomic mass is 16.5. The van der Waals surface area contributed by atoms with E-state index in [1.807, 2.05) is 17.0 Å². The maximum atomic E-state index is 13.5. The second-order valence-corrected chi connectivity index (χ2v) is 9.34. The van der Waals surface area contributed by atoms with Crippen molar-refractivity contribution < 1.29 is 14.3 Å². The molecule has 3 amide bonds. The minimum Gasteiger partial charge on any atom is -0.497 e. The predicted octanol–water partition coefficient (Wildman–Crippen LogP) is 4.03. The van der Waals surface area contributed by atoms with Gasteiger partial charge in [-0.15, -0.1) is 0 Å². The quantitative estimate of drug-likeness (QED) is 0.745. The molecule has 1 aliphatic carbocycles. The van der Waals surface area contributed by atoms with Gasteiger partial charge in [-0.3, -0.25) is 25.0 Å². The largest absolute Gasteiger partial charge is 0.497 e. The number of methoxy groups -OCH3 is 1. The number of pyridine rings is 1. The lowest BCUT2D eigenvalue weighted by molar-refractivity contribution is 0.0686. The first-order valence-corrected chi connectivity index (χ1v) is 12.1. The number of hydrogen-bond donors (Lipinski definition) is 1. The van der Waals surface area contributed by atoms with Crippen LogP contribution in [-0.4, -0.2) is 59.4 Å². The molecule has 178 valence electrons. The molecule has 8 heteroatoms.